The lowest BCUT2D eigenvalue weighted by molar-refractivity contribution is -0.149. The van der Waals surface area contributed by atoms with Crippen molar-refractivity contribution in [1.82, 2.24) is 10.2 Å². The largest absolute Gasteiger partial charge is 0.343 e. The molecule has 1 saturated heterocycles. The van der Waals surface area contributed by atoms with Crippen LogP contribution in [-0.2, 0) is 9.59 Å². The van der Waals surface area contributed by atoms with Gasteiger partial charge in [0.05, 0.1) is 0 Å². The second-order valence-electron chi connectivity index (χ2n) is 4.68. The van der Waals surface area contributed by atoms with E-state index in [4.69, 9.17) is 0 Å². The second kappa shape index (κ2) is 3.51. The Morgan fingerprint density at radius 1 is 1.40 bits per heavy atom. The molecule has 0 aromatic heterocycles. The van der Waals surface area contributed by atoms with Crippen LogP contribution in [0.4, 0.5) is 0 Å². The lowest BCUT2D eigenvalue weighted by Crippen LogP contribution is -2.63. The third kappa shape index (κ3) is 1.62. The van der Waals surface area contributed by atoms with E-state index in [1.165, 1.54) is 0 Å². The molecular weight excluding hydrogens is 192 g/mol. The van der Waals surface area contributed by atoms with Crippen LogP contribution in [0.1, 0.15) is 33.6 Å². The van der Waals surface area contributed by atoms with Crippen LogP contribution in [0.2, 0.25) is 0 Å². The van der Waals surface area contributed by atoms with Crippen molar-refractivity contribution in [1.29, 1.82) is 0 Å². The summed E-state index contributed by atoms with van der Waals surface area (Å²) in [6.45, 7) is 5.83. The predicted molar refractivity (Wildman–Crippen MR) is 56.1 cm³/mol. The third-order valence-electron chi connectivity index (χ3n) is 3.43. The Bertz CT molecular complexity index is 303. The van der Waals surface area contributed by atoms with Crippen LogP contribution in [-0.4, -0.2) is 34.8 Å². The number of nitrogens with one attached hydrogen (secondary N) is 1. The highest BCUT2D eigenvalue weighted by atomic mass is 16.2. The van der Waals surface area contributed by atoms with E-state index in [0.29, 0.717) is 18.4 Å². The molecule has 1 heterocycles. The van der Waals surface area contributed by atoms with Crippen molar-refractivity contribution in [2.45, 2.75) is 51.7 Å². The van der Waals surface area contributed by atoms with Crippen molar-refractivity contribution >= 4 is 11.8 Å². The molecule has 4 heteroatoms. The summed E-state index contributed by atoms with van der Waals surface area (Å²) in [5, 5.41) is 2.73. The molecule has 0 bridgehead atoms. The van der Waals surface area contributed by atoms with Gasteiger partial charge in [0.25, 0.3) is 0 Å². The van der Waals surface area contributed by atoms with Crippen LogP contribution in [0.5, 0.6) is 0 Å². The van der Waals surface area contributed by atoms with Gasteiger partial charge in [-0.15, -0.1) is 0 Å². The summed E-state index contributed by atoms with van der Waals surface area (Å²) in [6, 6.07) is -0.298. The molecule has 0 aromatic rings. The Kier molecular flexibility index (Phi) is 2.44. The van der Waals surface area contributed by atoms with Crippen molar-refractivity contribution in [3.8, 4) is 0 Å². The first-order chi connectivity index (χ1) is 7.06. The smallest absolute Gasteiger partial charge is 0.245 e. The third-order valence-corrected chi connectivity index (χ3v) is 3.43. The number of amides is 2. The maximum absolute atomic E-state index is 12.0. The normalized spacial score (nSPS) is 40.3. The van der Waals surface area contributed by atoms with E-state index < -0.39 is 0 Å². The molecule has 2 aliphatic rings. The van der Waals surface area contributed by atoms with Crippen LogP contribution in [0.3, 0.4) is 0 Å². The molecule has 0 spiro atoms. The molecule has 1 N–H and O–H groups in total. The predicted octanol–water partition coefficient (Wildman–Crippen LogP) is 0.520. The van der Waals surface area contributed by atoms with Gasteiger partial charge in [-0.1, -0.05) is 13.8 Å². The number of carbonyl (C=O) groups excluding carboxylic acids is 2. The van der Waals surface area contributed by atoms with Crippen LogP contribution in [0.15, 0.2) is 0 Å². The Labute approximate surface area is 90.0 Å². The molecule has 4 unspecified atom stereocenters. The van der Waals surface area contributed by atoms with E-state index in [9.17, 15) is 9.59 Å². The molecule has 4 nitrogen and oxygen atoms in total. The van der Waals surface area contributed by atoms with Gasteiger partial charge in [-0.25, -0.2) is 0 Å². The van der Waals surface area contributed by atoms with E-state index in [2.05, 4.69) is 12.2 Å². The summed E-state index contributed by atoms with van der Waals surface area (Å²) >= 11 is 0. The van der Waals surface area contributed by atoms with E-state index >= 15 is 0 Å². The quantitative estimate of drug-likeness (QED) is 0.722. The highest BCUT2D eigenvalue weighted by Gasteiger charge is 2.48. The van der Waals surface area contributed by atoms with E-state index in [1.54, 1.807) is 6.92 Å². The van der Waals surface area contributed by atoms with Gasteiger partial charge in [-0.2, -0.15) is 0 Å². The average Bonchev–Trinajstić information content (AvgIpc) is 2.88. The lowest BCUT2D eigenvalue weighted by atomic mass is 10.1. The van der Waals surface area contributed by atoms with Crippen LogP contribution in [0, 0.1) is 5.92 Å². The highest BCUT2D eigenvalue weighted by Crippen LogP contribution is 2.38. The summed E-state index contributed by atoms with van der Waals surface area (Å²) in [5.41, 5.74) is 0. The summed E-state index contributed by atoms with van der Waals surface area (Å²) in [5.74, 6) is 0.639. The molecule has 2 amide bonds. The molecule has 0 radical (unpaired) electrons. The molecule has 1 aliphatic carbocycles. The van der Waals surface area contributed by atoms with Gasteiger partial charge in [0.15, 0.2) is 0 Å². The van der Waals surface area contributed by atoms with Crippen LogP contribution < -0.4 is 5.32 Å². The maximum Gasteiger partial charge on any atom is 0.245 e. The molecule has 2 fully saturated rings. The first-order valence-electron chi connectivity index (χ1n) is 5.68. The van der Waals surface area contributed by atoms with Crippen molar-refractivity contribution in [2.24, 2.45) is 5.92 Å². The van der Waals surface area contributed by atoms with Gasteiger partial charge in [0.2, 0.25) is 11.8 Å². The molecular formula is C11H18N2O2. The second-order valence-corrected chi connectivity index (χ2v) is 4.68. The zero-order valence-corrected chi connectivity index (χ0v) is 9.49. The standard InChI is InChI=1S/C11H18N2O2/c1-4-8-10(14)12-7(3)11(15)13(8)9-5-6(9)2/h6-9H,4-5H2,1-3H3,(H,12,14). The van der Waals surface area contributed by atoms with E-state index in [1.807, 2.05) is 11.8 Å². The molecule has 0 aromatic carbocycles. The minimum atomic E-state index is -0.354. The molecule has 1 saturated carbocycles. The minimum absolute atomic E-state index is 0.00343. The average molecular weight is 210 g/mol. The maximum atomic E-state index is 12.0. The Morgan fingerprint density at radius 2 is 2.00 bits per heavy atom. The topological polar surface area (TPSA) is 49.4 Å². The summed E-state index contributed by atoms with van der Waals surface area (Å²) in [7, 11) is 0. The Hall–Kier alpha value is -1.06. The molecule has 2 rings (SSSR count). The Balaban J connectivity index is 2.20. The van der Waals surface area contributed by atoms with E-state index in [-0.39, 0.29) is 23.9 Å². The Morgan fingerprint density at radius 3 is 2.47 bits per heavy atom. The molecule has 15 heavy (non-hydrogen) atoms. The first kappa shape index (κ1) is 10.5. The minimum Gasteiger partial charge on any atom is -0.343 e. The zero-order chi connectivity index (χ0) is 11.2. The van der Waals surface area contributed by atoms with Crippen molar-refractivity contribution in [3.63, 3.8) is 0 Å². The fourth-order valence-electron chi connectivity index (χ4n) is 2.34. The van der Waals surface area contributed by atoms with Crippen LogP contribution in [0.25, 0.3) is 0 Å². The number of hydrogen-bond acceptors (Lipinski definition) is 2. The zero-order valence-electron chi connectivity index (χ0n) is 9.49. The van der Waals surface area contributed by atoms with Gasteiger partial charge >= 0.3 is 0 Å². The summed E-state index contributed by atoms with van der Waals surface area (Å²) < 4.78 is 0. The fraction of sp³-hybridized carbons (Fsp3) is 0.818. The SMILES string of the molecule is CCC1C(=O)NC(C)C(=O)N1C1CC1C. The molecule has 1 aliphatic heterocycles. The van der Waals surface area contributed by atoms with E-state index in [0.717, 1.165) is 6.42 Å². The number of carbonyl (C=O) groups is 2. The van der Waals surface area contributed by atoms with Crippen LogP contribution >= 0.6 is 0 Å². The fourth-order valence-corrected chi connectivity index (χ4v) is 2.34. The number of rotatable bonds is 2. The molecule has 4 atom stereocenters. The van der Waals surface area contributed by atoms with Gasteiger partial charge in [-0.3, -0.25) is 9.59 Å². The first-order valence-corrected chi connectivity index (χ1v) is 5.68. The number of piperazine rings is 1. The monoisotopic (exact) mass is 210 g/mol. The van der Waals surface area contributed by atoms with Crippen molar-refractivity contribution in [2.75, 3.05) is 0 Å². The summed E-state index contributed by atoms with van der Waals surface area (Å²) in [6.07, 6.45) is 1.75. The molecule has 84 valence electrons. The van der Waals surface area contributed by atoms with Gasteiger partial charge in [0, 0.05) is 6.04 Å². The van der Waals surface area contributed by atoms with Gasteiger partial charge in [0.1, 0.15) is 12.1 Å². The number of hydrogen-bond donors (Lipinski definition) is 1. The summed E-state index contributed by atoms with van der Waals surface area (Å²) in [4.78, 5) is 25.5. The van der Waals surface area contributed by atoms with Crippen molar-refractivity contribution < 1.29 is 9.59 Å². The van der Waals surface area contributed by atoms with Gasteiger partial charge < -0.3 is 10.2 Å². The highest BCUT2D eigenvalue weighted by molar-refractivity contribution is 5.97. The number of nitrogens with zero attached hydrogens (tertiary/aromatic N) is 1. The van der Waals surface area contributed by atoms with Gasteiger partial charge in [-0.05, 0) is 25.7 Å². The van der Waals surface area contributed by atoms with Crippen molar-refractivity contribution in [3.05, 3.63) is 0 Å². The lowest BCUT2D eigenvalue weighted by Gasteiger charge is -2.38.